The van der Waals surface area contributed by atoms with Crippen LogP contribution in [0.15, 0.2) is 52.3 Å². The van der Waals surface area contributed by atoms with E-state index in [9.17, 15) is 23.3 Å². The van der Waals surface area contributed by atoms with Crippen LogP contribution >= 0.6 is 11.8 Å². The molecule has 1 amide bonds. The number of sulfonamides is 1. The first-order valence-electron chi connectivity index (χ1n) is 10.2. The van der Waals surface area contributed by atoms with Gasteiger partial charge in [-0.25, -0.2) is 8.42 Å². The predicted molar refractivity (Wildman–Crippen MR) is 119 cm³/mol. The molecule has 0 spiro atoms. The zero-order chi connectivity index (χ0) is 22.0. The lowest BCUT2D eigenvalue weighted by molar-refractivity contribution is -0.384. The van der Waals surface area contributed by atoms with Gasteiger partial charge >= 0.3 is 0 Å². The molecule has 10 heteroatoms. The number of fused-ring (bicyclic) bond motifs is 1. The van der Waals surface area contributed by atoms with Crippen LogP contribution in [-0.2, 0) is 21.4 Å². The van der Waals surface area contributed by atoms with Gasteiger partial charge in [-0.1, -0.05) is 25.0 Å². The fourth-order valence-corrected chi connectivity index (χ4v) is 6.35. The Hall–Kier alpha value is -2.43. The largest absolute Gasteiger partial charge is 0.306 e. The molecule has 1 saturated heterocycles. The molecule has 0 aliphatic carbocycles. The fraction of sp³-hybridized carbons (Fsp3) is 0.381. The predicted octanol–water partition coefficient (Wildman–Crippen LogP) is 3.80. The Labute approximate surface area is 185 Å². The SMILES string of the molecule is O=C1CSc2ccc(S(=O)(=O)N3CCCCCC3)cc2N1Cc1cccc([N+](=O)[O-])c1. The second-order valence-electron chi connectivity index (χ2n) is 7.64. The monoisotopic (exact) mass is 461 g/mol. The lowest BCUT2D eigenvalue weighted by atomic mass is 10.1. The molecule has 2 aliphatic heterocycles. The maximum atomic E-state index is 13.2. The van der Waals surface area contributed by atoms with E-state index in [-0.39, 0.29) is 28.8 Å². The van der Waals surface area contributed by atoms with Gasteiger partial charge in [-0.15, -0.1) is 11.8 Å². The van der Waals surface area contributed by atoms with Gasteiger partial charge in [-0.2, -0.15) is 4.31 Å². The summed E-state index contributed by atoms with van der Waals surface area (Å²) in [5.41, 5.74) is 1.10. The van der Waals surface area contributed by atoms with Gasteiger partial charge in [0.05, 0.1) is 27.8 Å². The van der Waals surface area contributed by atoms with Crippen LogP contribution in [-0.4, -0.2) is 42.4 Å². The molecule has 0 atom stereocenters. The molecule has 1 fully saturated rings. The van der Waals surface area contributed by atoms with Crippen molar-refractivity contribution in [2.75, 3.05) is 23.7 Å². The Morgan fingerprint density at radius 2 is 1.77 bits per heavy atom. The number of non-ortho nitro benzene ring substituents is 1. The molecule has 4 rings (SSSR count). The first kappa shape index (κ1) is 21.8. The van der Waals surface area contributed by atoms with Crippen LogP contribution in [0.1, 0.15) is 31.2 Å². The molecular weight excluding hydrogens is 438 g/mol. The third kappa shape index (κ3) is 4.60. The molecular formula is C21H23N3O5S2. The summed E-state index contributed by atoms with van der Waals surface area (Å²) in [5, 5.41) is 11.1. The number of nitrogens with zero attached hydrogens (tertiary/aromatic N) is 3. The maximum absolute atomic E-state index is 13.2. The number of benzene rings is 2. The average Bonchev–Trinajstić information content (AvgIpc) is 3.06. The van der Waals surface area contributed by atoms with E-state index < -0.39 is 14.9 Å². The van der Waals surface area contributed by atoms with E-state index in [4.69, 9.17) is 0 Å². The molecule has 2 aromatic carbocycles. The highest BCUT2D eigenvalue weighted by Gasteiger charge is 2.30. The van der Waals surface area contributed by atoms with Gasteiger partial charge in [-0.05, 0) is 36.6 Å². The Kier molecular flexibility index (Phi) is 6.31. The number of carbonyl (C=O) groups excluding carboxylic acids is 1. The van der Waals surface area contributed by atoms with Crippen molar-refractivity contribution in [1.29, 1.82) is 0 Å². The first-order valence-corrected chi connectivity index (χ1v) is 12.6. The summed E-state index contributed by atoms with van der Waals surface area (Å²) in [6.07, 6.45) is 3.74. The van der Waals surface area contributed by atoms with Crippen LogP contribution in [0.5, 0.6) is 0 Å². The van der Waals surface area contributed by atoms with Gasteiger partial charge in [0.25, 0.3) is 5.69 Å². The van der Waals surface area contributed by atoms with Gasteiger partial charge < -0.3 is 4.90 Å². The van der Waals surface area contributed by atoms with Crippen molar-refractivity contribution in [1.82, 2.24) is 4.31 Å². The molecule has 0 N–H and O–H groups in total. The van der Waals surface area contributed by atoms with Crippen LogP contribution in [0, 0.1) is 10.1 Å². The van der Waals surface area contributed by atoms with Crippen molar-refractivity contribution in [2.45, 2.75) is 42.0 Å². The molecule has 0 unspecified atom stereocenters. The van der Waals surface area contributed by atoms with E-state index in [1.807, 2.05) is 0 Å². The van der Waals surface area contributed by atoms with Gasteiger partial charge in [0.1, 0.15) is 0 Å². The second kappa shape index (κ2) is 8.97. The number of hydrogen-bond acceptors (Lipinski definition) is 6. The summed E-state index contributed by atoms with van der Waals surface area (Å²) in [4.78, 5) is 25.8. The molecule has 164 valence electrons. The number of carbonyl (C=O) groups is 1. The highest BCUT2D eigenvalue weighted by molar-refractivity contribution is 8.00. The number of hydrogen-bond donors (Lipinski definition) is 0. The number of nitro benzene ring substituents is 1. The summed E-state index contributed by atoms with van der Waals surface area (Å²) in [6, 6.07) is 11.1. The lowest BCUT2D eigenvalue weighted by Gasteiger charge is -2.30. The quantitative estimate of drug-likeness (QED) is 0.496. The highest BCUT2D eigenvalue weighted by Crippen LogP contribution is 2.38. The zero-order valence-electron chi connectivity index (χ0n) is 16.9. The van der Waals surface area contributed by atoms with Crippen LogP contribution in [0.3, 0.4) is 0 Å². The van der Waals surface area contributed by atoms with Gasteiger partial charge in [-0.3, -0.25) is 14.9 Å². The van der Waals surface area contributed by atoms with Crippen LogP contribution < -0.4 is 4.90 Å². The Morgan fingerprint density at radius 1 is 1.03 bits per heavy atom. The average molecular weight is 462 g/mol. The van der Waals surface area contributed by atoms with Crippen molar-refractivity contribution >= 4 is 39.1 Å². The van der Waals surface area contributed by atoms with E-state index in [1.165, 1.54) is 33.1 Å². The summed E-state index contributed by atoms with van der Waals surface area (Å²) < 4.78 is 28.0. The van der Waals surface area contributed by atoms with Gasteiger partial charge in [0, 0.05) is 30.1 Å². The second-order valence-corrected chi connectivity index (χ2v) is 10.6. The summed E-state index contributed by atoms with van der Waals surface area (Å²) in [7, 11) is -3.65. The zero-order valence-corrected chi connectivity index (χ0v) is 18.5. The Morgan fingerprint density at radius 3 is 2.48 bits per heavy atom. The lowest BCUT2D eigenvalue weighted by Crippen LogP contribution is -2.35. The van der Waals surface area contributed by atoms with Crippen molar-refractivity contribution in [3.63, 3.8) is 0 Å². The molecule has 2 heterocycles. The van der Waals surface area contributed by atoms with Crippen LogP contribution in [0.25, 0.3) is 0 Å². The molecule has 8 nitrogen and oxygen atoms in total. The number of thioether (sulfide) groups is 1. The van der Waals surface area contributed by atoms with Crippen LogP contribution in [0.2, 0.25) is 0 Å². The third-order valence-electron chi connectivity index (χ3n) is 5.54. The number of anilines is 1. The third-order valence-corrected chi connectivity index (χ3v) is 8.48. The molecule has 2 aliphatic rings. The molecule has 0 aromatic heterocycles. The van der Waals surface area contributed by atoms with Crippen LogP contribution in [0.4, 0.5) is 11.4 Å². The first-order chi connectivity index (χ1) is 14.9. The fourth-order valence-electron chi connectivity index (χ4n) is 3.90. The summed E-state index contributed by atoms with van der Waals surface area (Å²) >= 11 is 1.37. The van der Waals surface area contributed by atoms with E-state index in [1.54, 1.807) is 30.3 Å². The minimum absolute atomic E-state index is 0.0472. The molecule has 0 radical (unpaired) electrons. The molecule has 0 saturated carbocycles. The molecule has 2 aromatic rings. The number of rotatable bonds is 5. The minimum Gasteiger partial charge on any atom is -0.306 e. The normalized spacial score (nSPS) is 17.8. The van der Waals surface area contributed by atoms with Crippen molar-refractivity contribution in [3.05, 3.63) is 58.1 Å². The van der Waals surface area contributed by atoms with Gasteiger partial charge in [0.15, 0.2) is 0 Å². The molecule has 0 bridgehead atoms. The summed E-state index contributed by atoms with van der Waals surface area (Å²) in [6.45, 7) is 1.15. The number of amides is 1. The van der Waals surface area contributed by atoms with Crippen molar-refractivity contribution < 1.29 is 18.1 Å². The van der Waals surface area contributed by atoms with Gasteiger partial charge in [0.2, 0.25) is 15.9 Å². The minimum atomic E-state index is -3.65. The van der Waals surface area contributed by atoms with E-state index in [0.29, 0.717) is 24.3 Å². The van der Waals surface area contributed by atoms with E-state index in [0.717, 1.165) is 30.6 Å². The maximum Gasteiger partial charge on any atom is 0.269 e. The number of nitro groups is 1. The van der Waals surface area contributed by atoms with E-state index >= 15 is 0 Å². The highest BCUT2D eigenvalue weighted by atomic mass is 32.2. The topological polar surface area (TPSA) is 101 Å². The van der Waals surface area contributed by atoms with Crippen molar-refractivity contribution in [2.24, 2.45) is 0 Å². The van der Waals surface area contributed by atoms with E-state index in [2.05, 4.69) is 0 Å². The standard InChI is InChI=1S/C21H23N3O5S2/c25-21-15-30-20-9-8-18(31(28,29)22-10-3-1-2-4-11-22)13-19(20)23(21)14-16-6-5-7-17(12-16)24(26)27/h5-9,12-13H,1-4,10-11,14-15H2. The molecule has 31 heavy (non-hydrogen) atoms. The Balaban J connectivity index is 1.68. The smallest absolute Gasteiger partial charge is 0.269 e. The Bertz CT molecular complexity index is 1110. The summed E-state index contributed by atoms with van der Waals surface area (Å²) in [5.74, 6) is 0.0773. The van der Waals surface area contributed by atoms with Crippen molar-refractivity contribution in [3.8, 4) is 0 Å².